The van der Waals surface area contributed by atoms with Gasteiger partial charge in [-0.2, -0.15) is 0 Å². The van der Waals surface area contributed by atoms with Crippen molar-refractivity contribution in [2.45, 2.75) is 20.3 Å². The van der Waals surface area contributed by atoms with Crippen molar-refractivity contribution in [1.29, 1.82) is 0 Å². The molecule has 0 saturated heterocycles. The Kier molecular flexibility index (Phi) is 3.17. The molecule has 2 aromatic heterocycles. The molecule has 2 N–H and O–H groups in total. The molecule has 0 saturated carbocycles. The smallest absolute Gasteiger partial charge is 0.155 e. The van der Waals surface area contributed by atoms with Crippen LogP contribution in [0.2, 0.25) is 5.15 Å². The summed E-state index contributed by atoms with van der Waals surface area (Å²) in [5.74, 6) is 1.39. The molecule has 2 rings (SSSR count). The molecule has 4 heteroatoms. The molecule has 16 heavy (non-hydrogen) atoms. The number of nitrogens with zero attached hydrogens (tertiary/aromatic N) is 2. The quantitative estimate of drug-likeness (QED) is 0.891. The van der Waals surface area contributed by atoms with E-state index in [1.807, 2.05) is 19.1 Å². The highest BCUT2D eigenvalue weighted by Crippen LogP contribution is 2.21. The third-order valence-corrected chi connectivity index (χ3v) is 3.10. The molecular weight excluding hydrogens is 222 g/mol. The predicted octanol–water partition coefficient (Wildman–Crippen LogP) is 2.43. The van der Waals surface area contributed by atoms with Crippen LogP contribution in [0.1, 0.15) is 18.4 Å². The van der Waals surface area contributed by atoms with Crippen LogP contribution in [0.15, 0.2) is 18.2 Å². The Balaban J connectivity index is 2.53. The molecule has 1 atom stereocenters. The minimum Gasteiger partial charge on any atom is -0.330 e. The van der Waals surface area contributed by atoms with Gasteiger partial charge in [0.05, 0.1) is 5.52 Å². The lowest BCUT2D eigenvalue weighted by Crippen LogP contribution is -2.15. The summed E-state index contributed by atoms with van der Waals surface area (Å²) in [4.78, 5) is 4.28. The van der Waals surface area contributed by atoms with Gasteiger partial charge in [-0.05, 0) is 37.9 Å². The number of rotatable bonds is 3. The number of aryl methyl sites for hydroxylation is 1. The van der Waals surface area contributed by atoms with Crippen molar-refractivity contribution in [3.8, 4) is 0 Å². The molecule has 0 aromatic carbocycles. The Hall–Kier alpha value is -1.06. The summed E-state index contributed by atoms with van der Waals surface area (Å²) in [5.41, 5.74) is 7.84. The maximum Gasteiger partial charge on any atom is 0.155 e. The van der Waals surface area contributed by atoms with Crippen LogP contribution in [-0.2, 0) is 6.42 Å². The topological polar surface area (TPSA) is 43.3 Å². The summed E-state index contributed by atoms with van der Waals surface area (Å²) in [6.45, 7) is 4.81. The molecule has 0 aliphatic heterocycles. The van der Waals surface area contributed by atoms with Gasteiger partial charge in [0.15, 0.2) is 5.15 Å². The molecule has 0 radical (unpaired) electrons. The fourth-order valence-corrected chi connectivity index (χ4v) is 2.22. The average Bonchev–Trinajstić information content (AvgIpc) is 2.56. The molecule has 2 aromatic rings. The van der Waals surface area contributed by atoms with E-state index in [-0.39, 0.29) is 0 Å². The number of aromatic nitrogens is 2. The van der Waals surface area contributed by atoms with Gasteiger partial charge in [0, 0.05) is 5.69 Å². The predicted molar refractivity (Wildman–Crippen MR) is 66.9 cm³/mol. The first-order chi connectivity index (χ1) is 7.63. The highest BCUT2D eigenvalue weighted by atomic mass is 35.5. The van der Waals surface area contributed by atoms with Gasteiger partial charge in [0.25, 0.3) is 0 Å². The zero-order valence-electron chi connectivity index (χ0n) is 9.57. The zero-order chi connectivity index (χ0) is 11.7. The number of hydrogen-bond donors (Lipinski definition) is 1. The number of pyridine rings is 1. The second-order valence-corrected chi connectivity index (χ2v) is 4.59. The number of imidazole rings is 1. The maximum atomic E-state index is 6.06. The van der Waals surface area contributed by atoms with Crippen LogP contribution < -0.4 is 5.73 Å². The van der Waals surface area contributed by atoms with Crippen LogP contribution in [0.4, 0.5) is 0 Å². The molecule has 2 heterocycles. The minimum atomic E-state index is 0.464. The number of fused-ring (bicyclic) bond motifs is 1. The van der Waals surface area contributed by atoms with E-state index < -0.39 is 0 Å². The van der Waals surface area contributed by atoms with E-state index in [4.69, 9.17) is 17.3 Å². The standard InChI is InChI=1S/C12H16ClN3/c1-8(7-14)6-10-4-3-5-11-12(13)15-9(2)16(10)11/h3-5,8H,6-7,14H2,1-2H3. The van der Waals surface area contributed by atoms with Crippen molar-refractivity contribution in [3.05, 3.63) is 34.9 Å². The lowest BCUT2D eigenvalue weighted by Gasteiger charge is -2.11. The van der Waals surface area contributed by atoms with E-state index in [9.17, 15) is 0 Å². The number of hydrogen-bond acceptors (Lipinski definition) is 2. The Labute approximate surface area is 100 Å². The van der Waals surface area contributed by atoms with E-state index in [0.29, 0.717) is 17.6 Å². The second kappa shape index (κ2) is 4.44. The summed E-state index contributed by atoms with van der Waals surface area (Å²) < 4.78 is 2.11. The molecule has 3 nitrogen and oxygen atoms in total. The molecule has 0 aliphatic carbocycles. The van der Waals surface area contributed by atoms with Gasteiger partial charge >= 0.3 is 0 Å². The number of halogens is 1. The van der Waals surface area contributed by atoms with Crippen molar-refractivity contribution < 1.29 is 0 Å². The van der Waals surface area contributed by atoms with Crippen molar-refractivity contribution >= 4 is 17.1 Å². The van der Waals surface area contributed by atoms with Crippen LogP contribution in [0.25, 0.3) is 5.52 Å². The second-order valence-electron chi connectivity index (χ2n) is 4.23. The van der Waals surface area contributed by atoms with E-state index >= 15 is 0 Å². The van der Waals surface area contributed by atoms with Crippen LogP contribution in [0.3, 0.4) is 0 Å². The summed E-state index contributed by atoms with van der Waals surface area (Å²) in [5, 5.41) is 0.569. The highest BCUT2D eigenvalue weighted by molar-refractivity contribution is 6.32. The molecule has 0 spiro atoms. The van der Waals surface area contributed by atoms with Crippen molar-refractivity contribution in [3.63, 3.8) is 0 Å². The van der Waals surface area contributed by atoms with Gasteiger partial charge in [-0.15, -0.1) is 0 Å². The first-order valence-corrected chi connectivity index (χ1v) is 5.83. The van der Waals surface area contributed by atoms with Gasteiger partial charge in [0.1, 0.15) is 5.82 Å². The van der Waals surface area contributed by atoms with Crippen molar-refractivity contribution in [1.82, 2.24) is 9.38 Å². The minimum absolute atomic E-state index is 0.464. The normalized spacial score (nSPS) is 13.2. The lowest BCUT2D eigenvalue weighted by molar-refractivity contribution is 0.579. The molecule has 0 bridgehead atoms. The first kappa shape index (κ1) is 11.4. The molecule has 0 aliphatic rings. The fraction of sp³-hybridized carbons (Fsp3) is 0.417. The summed E-state index contributed by atoms with van der Waals surface area (Å²) in [6.07, 6.45) is 0.946. The molecule has 0 fully saturated rings. The Morgan fingerprint density at radius 1 is 1.50 bits per heavy atom. The monoisotopic (exact) mass is 237 g/mol. The third kappa shape index (κ3) is 1.93. The van der Waals surface area contributed by atoms with Gasteiger partial charge in [0.2, 0.25) is 0 Å². The van der Waals surface area contributed by atoms with Crippen LogP contribution in [0, 0.1) is 12.8 Å². The van der Waals surface area contributed by atoms with Crippen LogP contribution in [0.5, 0.6) is 0 Å². The van der Waals surface area contributed by atoms with E-state index in [0.717, 1.165) is 17.8 Å². The largest absolute Gasteiger partial charge is 0.330 e. The van der Waals surface area contributed by atoms with Gasteiger partial charge in [-0.3, -0.25) is 4.40 Å². The summed E-state index contributed by atoms with van der Waals surface area (Å²) >= 11 is 6.06. The van der Waals surface area contributed by atoms with Gasteiger partial charge < -0.3 is 5.73 Å². The SMILES string of the molecule is Cc1nc(Cl)c2cccc(CC(C)CN)n12. The van der Waals surface area contributed by atoms with E-state index in [1.165, 1.54) is 5.69 Å². The van der Waals surface area contributed by atoms with Crippen molar-refractivity contribution in [2.75, 3.05) is 6.54 Å². The van der Waals surface area contributed by atoms with Gasteiger partial charge in [-0.1, -0.05) is 24.6 Å². The molecular formula is C12H16ClN3. The Morgan fingerprint density at radius 2 is 2.25 bits per heavy atom. The molecule has 86 valence electrons. The Morgan fingerprint density at radius 3 is 2.94 bits per heavy atom. The third-order valence-electron chi connectivity index (χ3n) is 2.83. The van der Waals surface area contributed by atoms with Crippen LogP contribution >= 0.6 is 11.6 Å². The fourth-order valence-electron chi connectivity index (χ4n) is 1.95. The van der Waals surface area contributed by atoms with Crippen molar-refractivity contribution in [2.24, 2.45) is 11.7 Å². The summed E-state index contributed by atoms with van der Waals surface area (Å²) in [7, 11) is 0. The maximum absolute atomic E-state index is 6.06. The zero-order valence-corrected chi connectivity index (χ0v) is 10.3. The molecule has 1 unspecified atom stereocenters. The first-order valence-electron chi connectivity index (χ1n) is 5.46. The van der Waals surface area contributed by atoms with E-state index in [1.54, 1.807) is 0 Å². The lowest BCUT2D eigenvalue weighted by atomic mass is 10.1. The average molecular weight is 238 g/mol. The van der Waals surface area contributed by atoms with E-state index in [2.05, 4.69) is 22.4 Å². The van der Waals surface area contributed by atoms with Crippen LogP contribution in [-0.4, -0.2) is 15.9 Å². The number of nitrogens with two attached hydrogens (primary N) is 1. The Bertz CT molecular complexity index is 504. The molecule has 0 amide bonds. The summed E-state index contributed by atoms with van der Waals surface area (Å²) in [6, 6.07) is 6.10. The highest BCUT2D eigenvalue weighted by Gasteiger charge is 2.10. The van der Waals surface area contributed by atoms with Gasteiger partial charge in [-0.25, -0.2) is 4.98 Å².